The number of ether oxygens (including phenoxy) is 2. The van der Waals surface area contributed by atoms with Crippen molar-refractivity contribution in [2.45, 2.75) is 69.8 Å². The molecule has 0 aromatic heterocycles. The zero-order valence-electron chi connectivity index (χ0n) is 20.5. The van der Waals surface area contributed by atoms with Crippen molar-refractivity contribution in [2.24, 2.45) is 0 Å². The topological polar surface area (TPSA) is 64.6 Å². The van der Waals surface area contributed by atoms with E-state index in [-0.39, 0.29) is 23.8 Å². The molecule has 5 heteroatoms. The third kappa shape index (κ3) is 4.64. The summed E-state index contributed by atoms with van der Waals surface area (Å²) >= 11 is 0. The molecule has 2 aromatic carbocycles. The molecule has 1 heterocycles. The van der Waals surface area contributed by atoms with Crippen molar-refractivity contribution in [3.8, 4) is 5.75 Å². The second-order valence-corrected chi connectivity index (χ2v) is 9.84. The number of para-hydroxylation sites is 1. The summed E-state index contributed by atoms with van der Waals surface area (Å²) in [5.74, 6) is 0.000775. The molecule has 5 nitrogen and oxygen atoms in total. The molecule has 0 spiro atoms. The maximum absolute atomic E-state index is 13.7. The minimum atomic E-state index is -0.511. The van der Waals surface area contributed by atoms with E-state index in [4.69, 9.17) is 9.47 Å². The quantitative estimate of drug-likeness (QED) is 0.548. The number of hydrogen-bond acceptors (Lipinski definition) is 5. The minimum Gasteiger partial charge on any atom is -0.496 e. The SMILES string of the molecule is COc1ccccc1[C@@H]1C(C(=O)OC2CCCCC2)=C(C)NC2=C1C(=O)C[C@H](c1ccccc1)C2. The molecule has 5 rings (SSSR count). The Morgan fingerprint density at radius 2 is 1.66 bits per heavy atom. The number of dihydropyridines is 1. The van der Waals surface area contributed by atoms with Crippen molar-refractivity contribution < 1.29 is 19.1 Å². The van der Waals surface area contributed by atoms with E-state index in [1.807, 2.05) is 49.4 Å². The van der Waals surface area contributed by atoms with Gasteiger partial charge >= 0.3 is 5.97 Å². The predicted molar refractivity (Wildman–Crippen MR) is 135 cm³/mol. The Kier molecular flexibility index (Phi) is 6.76. The monoisotopic (exact) mass is 471 g/mol. The first-order valence-corrected chi connectivity index (χ1v) is 12.7. The van der Waals surface area contributed by atoms with Crippen LogP contribution in [-0.2, 0) is 14.3 Å². The Bertz CT molecular complexity index is 1170. The molecule has 3 aliphatic rings. The molecule has 1 aliphatic heterocycles. The number of allylic oxidation sites excluding steroid dienone is 3. The van der Waals surface area contributed by atoms with Crippen LogP contribution in [0.1, 0.15) is 74.8 Å². The summed E-state index contributed by atoms with van der Waals surface area (Å²) in [7, 11) is 1.62. The number of rotatable bonds is 5. The van der Waals surface area contributed by atoms with Crippen molar-refractivity contribution in [1.29, 1.82) is 0 Å². The highest BCUT2D eigenvalue weighted by Crippen LogP contribution is 2.47. The molecular formula is C30H33NO4. The molecule has 0 bridgehead atoms. The Balaban J connectivity index is 1.56. The highest BCUT2D eigenvalue weighted by Gasteiger charge is 2.42. The molecule has 1 fully saturated rings. The first kappa shape index (κ1) is 23.4. The summed E-state index contributed by atoms with van der Waals surface area (Å²) in [5, 5.41) is 3.45. The van der Waals surface area contributed by atoms with E-state index < -0.39 is 5.92 Å². The van der Waals surface area contributed by atoms with Gasteiger partial charge in [-0.15, -0.1) is 0 Å². The van der Waals surface area contributed by atoms with Crippen molar-refractivity contribution in [3.63, 3.8) is 0 Å². The second kappa shape index (κ2) is 10.1. The van der Waals surface area contributed by atoms with Crippen LogP contribution in [0, 0.1) is 0 Å². The van der Waals surface area contributed by atoms with Crippen LogP contribution in [0.2, 0.25) is 0 Å². The Morgan fingerprint density at radius 1 is 0.943 bits per heavy atom. The predicted octanol–water partition coefficient (Wildman–Crippen LogP) is 5.93. The fourth-order valence-electron chi connectivity index (χ4n) is 5.88. The Morgan fingerprint density at radius 3 is 2.40 bits per heavy atom. The van der Waals surface area contributed by atoms with E-state index in [2.05, 4.69) is 17.4 Å². The van der Waals surface area contributed by atoms with Gasteiger partial charge in [0.05, 0.1) is 18.6 Å². The van der Waals surface area contributed by atoms with Crippen molar-refractivity contribution in [3.05, 3.63) is 88.3 Å². The average molecular weight is 472 g/mol. The zero-order chi connectivity index (χ0) is 24.4. The highest BCUT2D eigenvalue weighted by molar-refractivity contribution is 6.04. The van der Waals surface area contributed by atoms with Crippen LogP contribution in [0.5, 0.6) is 5.75 Å². The molecule has 1 saturated carbocycles. The van der Waals surface area contributed by atoms with E-state index in [0.717, 1.165) is 54.6 Å². The Labute approximate surface area is 207 Å². The summed E-state index contributed by atoms with van der Waals surface area (Å²) in [6.07, 6.45) is 6.23. The van der Waals surface area contributed by atoms with Gasteiger partial charge in [-0.2, -0.15) is 0 Å². The van der Waals surface area contributed by atoms with Gasteiger partial charge in [0.2, 0.25) is 0 Å². The van der Waals surface area contributed by atoms with Gasteiger partial charge in [-0.25, -0.2) is 4.79 Å². The standard InChI is InChI=1S/C30H33NO4/c1-19-27(30(33)35-22-13-7-4-8-14-22)28(23-15-9-10-16-26(23)34-2)29-24(31-19)17-21(18-25(29)32)20-11-5-3-6-12-20/h3,5-6,9-12,15-16,21-22,28,31H,4,7-8,13-14,17-18H2,1-2H3/t21-,28-/m1/s1. The molecule has 2 atom stereocenters. The molecule has 35 heavy (non-hydrogen) atoms. The molecule has 1 N–H and O–H groups in total. The number of esters is 1. The van der Waals surface area contributed by atoms with E-state index in [0.29, 0.717) is 23.3 Å². The lowest BCUT2D eigenvalue weighted by atomic mass is 9.71. The molecule has 0 saturated heterocycles. The number of benzene rings is 2. The summed E-state index contributed by atoms with van der Waals surface area (Å²) < 4.78 is 11.7. The van der Waals surface area contributed by atoms with Gasteiger partial charge in [-0.05, 0) is 56.6 Å². The van der Waals surface area contributed by atoms with Crippen molar-refractivity contribution in [1.82, 2.24) is 5.32 Å². The maximum Gasteiger partial charge on any atom is 0.337 e. The van der Waals surface area contributed by atoms with Gasteiger partial charge in [0.25, 0.3) is 0 Å². The lowest BCUT2D eigenvalue weighted by Crippen LogP contribution is -2.37. The van der Waals surface area contributed by atoms with E-state index in [1.54, 1.807) is 7.11 Å². The summed E-state index contributed by atoms with van der Waals surface area (Å²) in [5.41, 5.74) is 4.82. The molecule has 0 amide bonds. The first-order chi connectivity index (χ1) is 17.1. The molecule has 2 aromatic rings. The number of hydrogen-bond donors (Lipinski definition) is 1. The van der Waals surface area contributed by atoms with Crippen LogP contribution in [0.25, 0.3) is 0 Å². The van der Waals surface area contributed by atoms with Gasteiger partial charge in [0, 0.05) is 29.0 Å². The van der Waals surface area contributed by atoms with Crippen molar-refractivity contribution >= 4 is 11.8 Å². The third-order valence-corrected chi connectivity index (χ3v) is 7.59. The molecule has 182 valence electrons. The van der Waals surface area contributed by atoms with E-state index in [9.17, 15) is 9.59 Å². The molecule has 2 aliphatic carbocycles. The van der Waals surface area contributed by atoms with Crippen LogP contribution in [0.15, 0.2) is 77.1 Å². The lowest BCUT2D eigenvalue weighted by molar-refractivity contribution is -0.146. The van der Waals surface area contributed by atoms with Gasteiger partial charge in [0.15, 0.2) is 5.78 Å². The lowest BCUT2D eigenvalue weighted by Gasteiger charge is -2.37. The van der Waals surface area contributed by atoms with E-state index in [1.165, 1.54) is 6.42 Å². The van der Waals surface area contributed by atoms with E-state index >= 15 is 0 Å². The van der Waals surface area contributed by atoms with Gasteiger partial charge in [-0.1, -0.05) is 55.0 Å². The van der Waals surface area contributed by atoms with Crippen LogP contribution in [0.4, 0.5) is 0 Å². The summed E-state index contributed by atoms with van der Waals surface area (Å²) in [4.78, 5) is 27.4. The highest BCUT2D eigenvalue weighted by atomic mass is 16.5. The summed E-state index contributed by atoms with van der Waals surface area (Å²) in [6, 6.07) is 17.9. The fraction of sp³-hybridized carbons (Fsp3) is 0.400. The smallest absolute Gasteiger partial charge is 0.337 e. The number of carbonyl (C=O) groups is 2. The fourth-order valence-corrected chi connectivity index (χ4v) is 5.88. The van der Waals surface area contributed by atoms with Gasteiger partial charge < -0.3 is 14.8 Å². The maximum atomic E-state index is 13.7. The minimum absolute atomic E-state index is 0.0604. The Hall–Kier alpha value is -3.34. The summed E-state index contributed by atoms with van der Waals surface area (Å²) in [6.45, 7) is 1.92. The largest absolute Gasteiger partial charge is 0.496 e. The first-order valence-electron chi connectivity index (χ1n) is 12.7. The number of Topliss-reactive ketones (excluding diaryl/α,β-unsaturated/α-hetero) is 1. The average Bonchev–Trinajstić information content (AvgIpc) is 2.88. The van der Waals surface area contributed by atoms with Gasteiger partial charge in [-0.3, -0.25) is 4.79 Å². The number of ketones is 1. The number of carbonyl (C=O) groups excluding carboxylic acids is 2. The number of methoxy groups -OCH3 is 1. The molecule has 0 unspecified atom stereocenters. The number of nitrogens with one attached hydrogen (secondary N) is 1. The van der Waals surface area contributed by atoms with Crippen LogP contribution in [-0.4, -0.2) is 25.0 Å². The van der Waals surface area contributed by atoms with Crippen molar-refractivity contribution in [2.75, 3.05) is 7.11 Å². The van der Waals surface area contributed by atoms with Crippen LogP contribution >= 0.6 is 0 Å². The zero-order valence-corrected chi connectivity index (χ0v) is 20.5. The van der Waals surface area contributed by atoms with Gasteiger partial charge in [0.1, 0.15) is 11.9 Å². The van der Waals surface area contributed by atoms with Crippen LogP contribution < -0.4 is 10.1 Å². The normalized spacial score (nSPS) is 23.0. The third-order valence-electron chi connectivity index (χ3n) is 7.59. The molecule has 0 radical (unpaired) electrons. The molecular weight excluding hydrogens is 438 g/mol. The second-order valence-electron chi connectivity index (χ2n) is 9.84. The van der Waals surface area contributed by atoms with Crippen LogP contribution in [0.3, 0.4) is 0 Å².